The van der Waals surface area contributed by atoms with Crippen LogP contribution in [-0.2, 0) is 14.1 Å². The summed E-state index contributed by atoms with van der Waals surface area (Å²) in [6.07, 6.45) is 0. The zero-order valence-corrected chi connectivity index (χ0v) is 11.0. The van der Waals surface area contributed by atoms with Crippen molar-refractivity contribution in [1.82, 2.24) is 14.1 Å². The van der Waals surface area contributed by atoms with E-state index in [0.717, 1.165) is 22.5 Å². The number of fused-ring (bicyclic) bond motifs is 1. The number of anilines is 1. The van der Waals surface area contributed by atoms with Gasteiger partial charge < -0.3 is 14.7 Å². The summed E-state index contributed by atoms with van der Waals surface area (Å²) >= 11 is 0. The molecule has 3 rings (SSSR count). The molecule has 0 aliphatic carbocycles. The fraction of sp³-hybridized carbons (Fsp3) is 0.231. The molecule has 0 saturated carbocycles. The fourth-order valence-corrected chi connectivity index (χ4v) is 2.15. The number of aromatic nitrogens is 3. The van der Waals surface area contributed by atoms with Gasteiger partial charge in [-0.3, -0.25) is 4.57 Å². The van der Waals surface area contributed by atoms with Crippen LogP contribution in [0.15, 0.2) is 27.4 Å². The predicted octanol–water partition coefficient (Wildman–Crippen LogP) is 1.42. The SMILES string of the molecule is Cc1c(-c2ccc3oc(=O)n(C)c3c2)nc(N)n1C. The van der Waals surface area contributed by atoms with Crippen LogP contribution in [0.1, 0.15) is 5.69 Å². The number of nitrogens with two attached hydrogens (primary N) is 1. The lowest BCUT2D eigenvalue weighted by Crippen LogP contribution is -2.08. The zero-order valence-electron chi connectivity index (χ0n) is 11.0. The summed E-state index contributed by atoms with van der Waals surface area (Å²) in [5.41, 5.74) is 9.82. The maximum atomic E-state index is 11.5. The van der Waals surface area contributed by atoms with Crippen LogP contribution in [0.3, 0.4) is 0 Å². The predicted molar refractivity (Wildman–Crippen MR) is 72.8 cm³/mol. The van der Waals surface area contributed by atoms with E-state index >= 15 is 0 Å². The van der Waals surface area contributed by atoms with Crippen LogP contribution < -0.4 is 11.5 Å². The lowest BCUT2D eigenvalue weighted by atomic mass is 10.1. The van der Waals surface area contributed by atoms with Crippen molar-refractivity contribution in [3.05, 3.63) is 34.4 Å². The van der Waals surface area contributed by atoms with Gasteiger partial charge in [0.15, 0.2) is 5.58 Å². The van der Waals surface area contributed by atoms with Crippen molar-refractivity contribution in [2.45, 2.75) is 6.92 Å². The van der Waals surface area contributed by atoms with Gasteiger partial charge in [0.1, 0.15) is 0 Å². The molecule has 6 heteroatoms. The molecule has 19 heavy (non-hydrogen) atoms. The number of benzene rings is 1. The Hall–Kier alpha value is -2.50. The van der Waals surface area contributed by atoms with Gasteiger partial charge in [-0.25, -0.2) is 9.78 Å². The first kappa shape index (κ1) is 11.6. The van der Waals surface area contributed by atoms with E-state index in [0.29, 0.717) is 11.5 Å². The molecule has 98 valence electrons. The van der Waals surface area contributed by atoms with Gasteiger partial charge in [0, 0.05) is 25.4 Å². The number of oxazole rings is 1. The number of hydrogen-bond acceptors (Lipinski definition) is 4. The lowest BCUT2D eigenvalue weighted by molar-refractivity contribution is 0.528. The minimum Gasteiger partial charge on any atom is -0.408 e. The number of imidazole rings is 1. The average molecular weight is 258 g/mol. The monoisotopic (exact) mass is 258 g/mol. The Labute approximate surface area is 109 Å². The van der Waals surface area contributed by atoms with Gasteiger partial charge in [-0.2, -0.15) is 0 Å². The normalized spacial score (nSPS) is 11.3. The molecule has 2 N–H and O–H groups in total. The number of aryl methyl sites for hydroxylation is 1. The van der Waals surface area contributed by atoms with Gasteiger partial charge in [0.05, 0.1) is 11.2 Å². The minimum atomic E-state index is -0.371. The van der Waals surface area contributed by atoms with Crippen molar-refractivity contribution in [1.29, 1.82) is 0 Å². The highest BCUT2D eigenvalue weighted by molar-refractivity contribution is 5.80. The summed E-state index contributed by atoms with van der Waals surface area (Å²) in [6.45, 7) is 1.96. The molecule has 2 aromatic heterocycles. The topological polar surface area (TPSA) is 79.0 Å². The van der Waals surface area contributed by atoms with Crippen molar-refractivity contribution in [2.75, 3.05) is 5.73 Å². The van der Waals surface area contributed by atoms with E-state index in [-0.39, 0.29) is 5.76 Å². The van der Waals surface area contributed by atoms with Gasteiger partial charge in [-0.05, 0) is 25.1 Å². The third-order valence-electron chi connectivity index (χ3n) is 3.48. The standard InChI is InChI=1S/C13H14N4O2/c1-7-11(15-12(14)16(7)2)8-4-5-10-9(6-8)17(3)13(18)19-10/h4-6H,1-3H3,(H2,14,15). The first-order valence-electron chi connectivity index (χ1n) is 5.88. The molecular weight excluding hydrogens is 244 g/mol. The van der Waals surface area contributed by atoms with E-state index in [1.54, 1.807) is 13.1 Å². The van der Waals surface area contributed by atoms with E-state index in [2.05, 4.69) is 4.98 Å². The third-order valence-corrected chi connectivity index (χ3v) is 3.48. The van der Waals surface area contributed by atoms with Crippen molar-refractivity contribution < 1.29 is 4.42 Å². The second-order valence-corrected chi connectivity index (χ2v) is 4.57. The molecule has 0 amide bonds. The summed E-state index contributed by atoms with van der Waals surface area (Å²) in [7, 11) is 3.55. The van der Waals surface area contributed by atoms with Crippen molar-refractivity contribution in [3.8, 4) is 11.3 Å². The molecule has 3 aromatic rings. The second kappa shape index (κ2) is 3.74. The first-order chi connectivity index (χ1) is 8.99. The molecule has 0 unspecified atom stereocenters. The largest absolute Gasteiger partial charge is 0.419 e. The fourth-order valence-electron chi connectivity index (χ4n) is 2.15. The Morgan fingerprint density at radius 3 is 2.63 bits per heavy atom. The van der Waals surface area contributed by atoms with Crippen LogP contribution in [0.5, 0.6) is 0 Å². The number of nitrogen functional groups attached to an aromatic ring is 1. The molecule has 0 atom stereocenters. The average Bonchev–Trinajstić information content (AvgIpc) is 2.82. The van der Waals surface area contributed by atoms with E-state index in [4.69, 9.17) is 10.2 Å². The van der Waals surface area contributed by atoms with Gasteiger partial charge in [0.2, 0.25) is 5.95 Å². The highest BCUT2D eigenvalue weighted by Crippen LogP contribution is 2.26. The van der Waals surface area contributed by atoms with Gasteiger partial charge in [-0.15, -0.1) is 0 Å². The number of hydrogen-bond donors (Lipinski definition) is 1. The van der Waals surface area contributed by atoms with Gasteiger partial charge in [-0.1, -0.05) is 0 Å². The Kier molecular flexibility index (Phi) is 2.28. The van der Waals surface area contributed by atoms with E-state index < -0.39 is 0 Å². The quantitative estimate of drug-likeness (QED) is 0.716. The molecule has 2 heterocycles. The van der Waals surface area contributed by atoms with Crippen LogP contribution in [-0.4, -0.2) is 14.1 Å². The maximum Gasteiger partial charge on any atom is 0.419 e. The molecule has 1 aromatic carbocycles. The molecule has 0 bridgehead atoms. The Morgan fingerprint density at radius 1 is 1.26 bits per heavy atom. The third kappa shape index (κ3) is 1.56. The Balaban J connectivity index is 2.28. The number of nitrogens with zero attached hydrogens (tertiary/aromatic N) is 3. The molecule has 0 aliphatic heterocycles. The van der Waals surface area contributed by atoms with Crippen LogP contribution in [0.2, 0.25) is 0 Å². The summed E-state index contributed by atoms with van der Waals surface area (Å²) in [6, 6.07) is 5.53. The van der Waals surface area contributed by atoms with Crippen LogP contribution in [0.25, 0.3) is 22.4 Å². The van der Waals surface area contributed by atoms with Crippen LogP contribution >= 0.6 is 0 Å². The molecule has 0 fully saturated rings. The summed E-state index contributed by atoms with van der Waals surface area (Å²) in [5, 5.41) is 0. The molecule has 0 spiro atoms. The first-order valence-corrected chi connectivity index (χ1v) is 5.88. The molecular formula is C13H14N4O2. The second-order valence-electron chi connectivity index (χ2n) is 4.57. The van der Waals surface area contributed by atoms with Crippen LogP contribution in [0.4, 0.5) is 5.95 Å². The Bertz CT molecular complexity index is 838. The van der Waals surface area contributed by atoms with E-state index in [1.807, 2.05) is 30.7 Å². The maximum absolute atomic E-state index is 11.5. The van der Waals surface area contributed by atoms with Crippen molar-refractivity contribution in [3.63, 3.8) is 0 Å². The van der Waals surface area contributed by atoms with Crippen molar-refractivity contribution >= 4 is 17.0 Å². The zero-order chi connectivity index (χ0) is 13.7. The van der Waals surface area contributed by atoms with Crippen molar-refractivity contribution in [2.24, 2.45) is 14.1 Å². The summed E-state index contributed by atoms with van der Waals surface area (Å²) in [4.78, 5) is 15.8. The minimum absolute atomic E-state index is 0.371. The van der Waals surface area contributed by atoms with Crippen LogP contribution in [0, 0.1) is 6.92 Å². The number of rotatable bonds is 1. The Morgan fingerprint density at radius 2 is 2.00 bits per heavy atom. The molecule has 0 radical (unpaired) electrons. The summed E-state index contributed by atoms with van der Waals surface area (Å²) < 4.78 is 8.41. The molecule has 0 saturated heterocycles. The van der Waals surface area contributed by atoms with E-state index in [9.17, 15) is 4.79 Å². The van der Waals surface area contributed by atoms with Gasteiger partial charge >= 0.3 is 5.76 Å². The molecule has 0 aliphatic rings. The van der Waals surface area contributed by atoms with Gasteiger partial charge in [0.25, 0.3) is 0 Å². The van der Waals surface area contributed by atoms with E-state index in [1.165, 1.54) is 4.57 Å². The lowest BCUT2D eigenvalue weighted by Gasteiger charge is -2.01. The highest BCUT2D eigenvalue weighted by atomic mass is 16.4. The summed E-state index contributed by atoms with van der Waals surface area (Å²) in [5.74, 6) is 0.0955. The highest BCUT2D eigenvalue weighted by Gasteiger charge is 2.13. The smallest absolute Gasteiger partial charge is 0.408 e. The molecule has 6 nitrogen and oxygen atoms in total.